The average molecular weight is 290 g/mol. The molecule has 4 heteroatoms. The van der Waals surface area contributed by atoms with Gasteiger partial charge in [-0.15, -0.1) is 0 Å². The molecule has 0 radical (unpaired) electrons. The van der Waals surface area contributed by atoms with Crippen molar-refractivity contribution < 1.29 is 19.2 Å². The highest BCUT2D eigenvalue weighted by atomic mass is 16.1. The van der Waals surface area contributed by atoms with Gasteiger partial charge >= 0.3 is 0 Å². The molecule has 0 aliphatic carbocycles. The minimum atomic E-state index is 0.351. The SMILES string of the molecule is O=Cc1cc(C#Cc2cc(C=O)cc(C=O)c2)cc(C=O)c1. The zero-order valence-electron chi connectivity index (χ0n) is 11.4. The number of benzene rings is 2. The van der Waals surface area contributed by atoms with E-state index in [9.17, 15) is 19.2 Å². The third kappa shape index (κ3) is 3.62. The van der Waals surface area contributed by atoms with Crippen LogP contribution in [0.5, 0.6) is 0 Å². The van der Waals surface area contributed by atoms with Crippen LogP contribution in [0.15, 0.2) is 36.4 Å². The second-order valence-corrected chi connectivity index (χ2v) is 4.50. The van der Waals surface area contributed by atoms with Crippen molar-refractivity contribution in [1.29, 1.82) is 0 Å². The quantitative estimate of drug-likeness (QED) is 0.640. The molecule has 0 unspecified atom stereocenters. The number of hydrogen-bond donors (Lipinski definition) is 0. The molecule has 0 N–H and O–H groups in total. The maximum absolute atomic E-state index is 10.8. The lowest BCUT2D eigenvalue weighted by Gasteiger charge is -1.98. The number of carbonyl (C=O) groups is 4. The molecule has 0 aliphatic rings. The van der Waals surface area contributed by atoms with Crippen molar-refractivity contribution >= 4 is 25.1 Å². The van der Waals surface area contributed by atoms with Gasteiger partial charge in [0.05, 0.1) is 0 Å². The normalized spacial score (nSPS) is 9.27. The summed E-state index contributed by atoms with van der Waals surface area (Å²) in [7, 11) is 0. The first-order valence-electron chi connectivity index (χ1n) is 6.31. The molecular formula is C18H10O4. The molecule has 0 amide bonds. The molecule has 0 bridgehead atoms. The standard InChI is InChI=1S/C18H10O4/c19-9-15-3-13(4-16(7-15)10-20)1-2-14-5-17(11-21)8-18(6-14)12-22/h3-12H. The molecule has 2 aromatic rings. The molecule has 0 fully saturated rings. The maximum atomic E-state index is 10.8. The van der Waals surface area contributed by atoms with Crippen LogP contribution in [0, 0.1) is 11.8 Å². The van der Waals surface area contributed by atoms with E-state index in [4.69, 9.17) is 0 Å². The van der Waals surface area contributed by atoms with Gasteiger partial charge in [0.15, 0.2) is 0 Å². The number of aldehydes is 4. The monoisotopic (exact) mass is 290 g/mol. The van der Waals surface area contributed by atoms with Gasteiger partial charge in [0.1, 0.15) is 25.1 Å². The summed E-state index contributed by atoms with van der Waals surface area (Å²) in [6, 6.07) is 9.13. The molecule has 106 valence electrons. The van der Waals surface area contributed by atoms with E-state index in [1.165, 1.54) is 12.1 Å². The minimum absolute atomic E-state index is 0.351. The second-order valence-electron chi connectivity index (χ2n) is 4.50. The molecule has 0 atom stereocenters. The maximum Gasteiger partial charge on any atom is 0.150 e. The van der Waals surface area contributed by atoms with Crippen molar-refractivity contribution in [1.82, 2.24) is 0 Å². The summed E-state index contributed by atoms with van der Waals surface area (Å²) >= 11 is 0. The molecule has 0 aliphatic heterocycles. The highest BCUT2D eigenvalue weighted by Crippen LogP contribution is 2.09. The van der Waals surface area contributed by atoms with Gasteiger partial charge in [-0.2, -0.15) is 0 Å². The predicted octanol–water partition coefficient (Wildman–Crippen LogP) is 2.34. The molecule has 22 heavy (non-hydrogen) atoms. The third-order valence-corrected chi connectivity index (χ3v) is 2.85. The van der Waals surface area contributed by atoms with Gasteiger partial charge in [-0.25, -0.2) is 0 Å². The lowest BCUT2D eigenvalue weighted by atomic mass is 10.0. The highest BCUT2D eigenvalue weighted by molar-refractivity contribution is 5.84. The fourth-order valence-corrected chi connectivity index (χ4v) is 1.91. The first-order valence-corrected chi connectivity index (χ1v) is 6.31. The van der Waals surface area contributed by atoms with Crippen molar-refractivity contribution in [2.24, 2.45) is 0 Å². The van der Waals surface area contributed by atoms with Gasteiger partial charge in [-0.05, 0) is 36.4 Å². The van der Waals surface area contributed by atoms with E-state index in [2.05, 4.69) is 11.8 Å². The molecule has 0 aromatic heterocycles. The number of hydrogen-bond acceptors (Lipinski definition) is 4. The molecule has 4 nitrogen and oxygen atoms in total. The fourth-order valence-electron chi connectivity index (χ4n) is 1.91. The fraction of sp³-hybridized carbons (Fsp3) is 0. The van der Waals surface area contributed by atoms with Crippen molar-refractivity contribution in [3.63, 3.8) is 0 Å². The Labute approximate surface area is 126 Å². The molecule has 0 saturated carbocycles. The first kappa shape index (κ1) is 15.1. The lowest BCUT2D eigenvalue weighted by Crippen LogP contribution is -1.90. The van der Waals surface area contributed by atoms with Crippen LogP contribution in [0.4, 0.5) is 0 Å². The zero-order valence-corrected chi connectivity index (χ0v) is 11.4. The first-order chi connectivity index (χ1) is 10.7. The number of rotatable bonds is 4. The van der Waals surface area contributed by atoms with Crippen LogP contribution < -0.4 is 0 Å². The highest BCUT2D eigenvalue weighted by Gasteiger charge is 2.00. The largest absolute Gasteiger partial charge is 0.298 e. The smallest absolute Gasteiger partial charge is 0.150 e. The van der Waals surface area contributed by atoms with Crippen LogP contribution in [-0.4, -0.2) is 25.1 Å². The molecular weight excluding hydrogens is 280 g/mol. The summed E-state index contributed by atoms with van der Waals surface area (Å²) in [5, 5.41) is 0. The van der Waals surface area contributed by atoms with Crippen molar-refractivity contribution in [2.75, 3.05) is 0 Å². The summed E-state index contributed by atoms with van der Waals surface area (Å²) in [6.45, 7) is 0. The van der Waals surface area contributed by atoms with Crippen LogP contribution in [0.25, 0.3) is 0 Å². The van der Waals surface area contributed by atoms with E-state index in [1.807, 2.05) is 0 Å². The van der Waals surface area contributed by atoms with E-state index in [1.54, 1.807) is 24.3 Å². The Hall–Kier alpha value is -3.32. The van der Waals surface area contributed by atoms with E-state index in [-0.39, 0.29) is 0 Å². The summed E-state index contributed by atoms with van der Waals surface area (Å²) < 4.78 is 0. The van der Waals surface area contributed by atoms with Crippen LogP contribution in [0.1, 0.15) is 52.6 Å². The van der Waals surface area contributed by atoms with Crippen molar-refractivity contribution in [2.45, 2.75) is 0 Å². The van der Waals surface area contributed by atoms with Crippen LogP contribution in [0.2, 0.25) is 0 Å². The topological polar surface area (TPSA) is 68.3 Å². The second kappa shape index (κ2) is 6.91. The summed E-state index contributed by atoms with van der Waals surface area (Å²) in [5.74, 6) is 5.63. The minimum Gasteiger partial charge on any atom is -0.298 e. The van der Waals surface area contributed by atoms with Crippen LogP contribution in [-0.2, 0) is 0 Å². The summed E-state index contributed by atoms with van der Waals surface area (Å²) in [6.07, 6.45) is 2.54. The Morgan fingerprint density at radius 3 is 1.00 bits per heavy atom. The van der Waals surface area contributed by atoms with Crippen molar-refractivity contribution in [3.05, 3.63) is 69.8 Å². The van der Waals surface area contributed by atoms with Gasteiger partial charge in [-0.1, -0.05) is 11.8 Å². The van der Waals surface area contributed by atoms with E-state index in [0.717, 1.165) is 0 Å². The van der Waals surface area contributed by atoms with E-state index < -0.39 is 0 Å². The Morgan fingerprint density at radius 2 is 0.773 bits per heavy atom. The molecule has 0 spiro atoms. The van der Waals surface area contributed by atoms with Gasteiger partial charge in [-0.3, -0.25) is 19.2 Å². The Morgan fingerprint density at radius 1 is 0.500 bits per heavy atom. The van der Waals surface area contributed by atoms with Gasteiger partial charge < -0.3 is 0 Å². The van der Waals surface area contributed by atoms with Crippen molar-refractivity contribution in [3.8, 4) is 11.8 Å². The predicted molar refractivity (Wildman–Crippen MR) is 80.4 cm³/mol. The Bertz CT molecular complexity index is 703. The Kier molecular flexibility index (Phi) is 4.74. The summed E-state index contributed by atoms with van der Waals surface area (Å²) in [5.41, 5.74) is 2.40. The number of carbonyl (C=O) groups excluding carboxylic acids is 4. The molecule has 0 saturated heterocycles. The van der Waals surface area contributed by atoms with Crippen LogP contribution >= 0.6 is 0 Å². The molecule has 0 heterocycles. The Balaban J connectivity index is 2.45. The third-order valence-electron chi connectivity index (χ3n) is 2.85. The summed E-state index contributed by atoms with van der Waals surface area (Å²) in [4.78, 5) is 43.3. The average Bonchev–Trinajstić information content (AvgIpc) is 2.59. The zero-order chi connectivity index (χ0) is 15.9. The molecule has 2 rings (SSSR count). The van der Waals surface area contributed by atoms with Crippen LogP contribution in [0.3, 0.4) is 0 Å². The molecule has 2 aromatic carbocycles. The lowest BCUT2D eigenvalue weighted by molar-refractivity contribution is 0.110. The van der Waals surface area contributed by atoms with E-state index >= 15 is 0 Å². The van der Waals surface area contributed by atoms with Gasteiger partial charge in [0.25, 0.3) is 0 Å². The van der Waals surface area contributed by atoms with Gasteiger partial charge in [0, 0.05) is 33.4 Å². The van der Waals surface area contributed by atoms with Gasteiger partial charge in [0.2, 0.25) is 0 Å². The van der Waals surface area contributed by atoms with E-state index in [0.29, 0.717) is 58.5 Å².